The van der Waals surface area contributed by atoms with Gasteiger partial charge in [-0.3, -0.25) is 9.09 Å². The van der Waals surface area contributed by atoms with Crippen LogP contribution in [0.1, 0.15) is 22.1 Å². The van der Waals surface area contributed by atoms with E-state index in [-0.39, 0.29) is 22.5 Å². The molecule has 1 aliphatic rings. The molecule has 0 saturated carbocycles. The van der Waals surface area contributed by atoms with Gasteiger partial charge in [-0.05, 0) is 30.4 Å². The van der Waals surface area contributed by atoms with Gasteiger partial charge in [0, 0.05) is 0 Å². The minimum Gasteiger partial charge on any atom is -0.451 e. The number of aliphatic hydroxyl groups is 1. The van der Waals surface area contributed by atoms with Crippen LogP contribution < -0.4 is 5.73 Å². The van der Waals surface area contributed by atoms with Gasteiger partial charge in [0.1, 0.15) is 24.1 Å². The van der Waals surface area contributed by atoms with Gasteiger partial charge in [-0.15, -0.1) is 0 Å². The molecule has 22 heteroatoms. The molecule has 1 aromatic carbocycles. The number of fused-ring (bicyclic) bond motifs is 1. The number of aryl methyl sites for hydroxylation is 1. The number of phosphoric ester groups is 1. The van der Waals surface area contributed by atoms with Gasteiger partial charge in [0.2, 0.25) is 0 Å². The molecule has 2 aromatic heterocycles. The van der Waals surface area contributed by atoms with Crippen molar-refractivity contribution in [1.82, 2.24) is 19.5 Å². The van der Waals surface area contributed by atoms with Gasteiger partial charge in [0.25, 0.3) is 0 Å². The fraction of sp³-hybridized carbons (Fsp3) is 0.333. The van der Waals surface area contributed by atoms with Crippen LogP contribution in [0.15, 0.2) is 36.9 Å². The number of rotatable bonds is 10. The smallest absolute Gasteiger partial charge is 0.451 e. The lowest BCUT2D eigenvalue weighted by Gasteiger charge is -2.22. The Kier molecular flexibility index (Phi) is 8.90. The number of esters is 1. The third-order valence-electron chi connectivity index (χ3n) is 5.40. The van der Waals surface area contributed by atoms with Crippen LogP contribution in [0.25, 0.3) is 11.2 Å². The van der Waals surface area contributed by atoms with Gasteiger partial charge in [0.05, 0.1) is 18.5 Å². The summed E-state index contributed by atoms with van der Waals surface area (Å²) in [4.78, 5) is 62.4. The van der Waals surface area contributed by atoms with Crippen LogP contribution in [0, 0.1) is 6.92 Å². The van der Waals surface area contributed by atoms with Crippen molar-refractivity contribution in [2.45, 2.75) is 31.5 Å². The highest BCUT2D eigenvalue weighted by atomic mass is 32.5. The van der Waals surface area contributed by atoms with Crippen molar-refractivity contribution in [2.24, 2.45) is 0 Å². The second-order valence-corrected chi connectivity index (χ2v) is 14.1. The standard InChI is InChI=1S/C18H22N5O13P3S/c1-9-4-2-3-5-10(9)18(25)34-14-13(24)11(6-32-37(26,27)35-38(28,29)36-39(30,31)40)33-17(14)23-8-22-12-15(19)20-7-21-16(12)23/h2-5,7-8,11,13-14,17,24H,6H2,1H3,(H,26,27)(H,28,29)(H2,19,20,21)(H2,30,31,40)/t11-,13-,14-,17-/m1/s1. The monoisotopic (exact) mass is 641 g/mol. The number of nitrogen functional groups attached to an aromatic ring is 1. The Morgan fingerprint density at radius 2 is 1.82 bits per heavy atom. The summed E-state index contributed by atoms with van der Waals surface area (Å²) < 4.78 is 49.1. The second-order valence-electron chi connectivity index (χ2n) is 8.21. The van der Waals surface area contributed by atoms with Crippen molar-refractivity contribution >= 4 is 57.1 Å². The van der Waals surface area contributed by atoms with Crippen LogP contribution in [0.3, 0.4) is 0 Å². The molecule has 0 spiro atoms. The molecule has 0 radical (unpaired) electrons. The number of imidazole rings is 1. The summed E-state index contributed by atoms with van der Waals surface area (Å²) in [7, 11) is -11.0. The normalized spacial score (nSPS) is 24.4. The molecule has 1 fully saturated rings. The summed E-state index contributed by atoms with van der Waals surface area (Å²) in [5, 5.41) is 11.0. The summed E-state index contributed by atoms with van der Waals surface area (Å²) >= 11 is 4.03. The molecule has 2 unspecified atom stereocenters. The molecule has 40 heavy (non-hydrogen) atoms. The third-order valence-corrected chi connectivity index (χ3v) is 9.80. The molecule has 3 aromatic rings. The van der Waals surface area contributed by atoms with Crippen LogP contribution in [0.5, 0.6) is 0 Å². The van der Waals surface area contributed by atoms with Gasteiger partial charge >= 0.3 is 28.3 Å². The van der Waals surface area contributed by atoms with E-state index in [1.807, 2.05) is 0 Å². The van der Waals surface area contributed by atoms with Gasteiger partial charge in [0.15, 0.2) is 23.8 Å². The molecule has 218 valence electrons. The van der Waals surface area contributed by atoms with Crippen molar-refractivity contribution in [3.63, 3.8) is 0 Å². The largest absolute Gasteiger partial charge is 0.488 e. The number of benzene rings is 1. The molecule has 0 bridgehead atoms. The van der Waals surface area contributed by atoms with Crippen LogP contribution >= 0.6 is 22.4 Å². The molecule has 1 aliphatic heterocycles. The first-order chi connectivity index (χ1) is 18.6. The van der Waals surface area contributed by atoms with Crippen molar-refractivity contribution in [3.8, 4) is 0 Å². The number of ether oxygens (including phenoxy) is 2. The molecule has 4 rings (SSSR count). The molecule has 0 amide bonds. The van der Waals surface area contributed by atoms with Crippen molar-refractivity contribution < 1.29 is 61.2 Å². The number of carbonyl (C=O) groups is 1. The van der Waals surface area contributed by atoms with E-state index in [2.05, 4.69) is 39.9 Å². The van der Waals surface area contributed by atoms with Crippen LogP contribution in [0.2, 0.25) is 0 Å². The van der Waals surface area contributed by atoms with E-state index >= 15 is 0 Å². The maximum absolute atomic E-state index is 13.0. The van der Waals surface area contributed by atoms with E-state index in [0.717, 1.165) is 6.33 Å². The zero-order valence-electron chi connectivity index (χ0n) is 20.1. The number of hydrogen-bond acceptors (Lipinski definition) is 14. The van der Waals surface area contributed by atoms with Gasteiger partial charge in [-0.2, -0.15) is 4.31 Å². The predicted molar refractivity (Wildman–Crippen MR) is 137 cm³/mol. The van der Waals surface area contributed by atoms with Crippen molar-refractivity contribution in [2.75, 3.05) is 12.3 Å². The molecular weight excluding hydrogens is 619 g/mol. The average molecular weight is 641 g/mol. The molecule has 3 heterocycles. The van der Waals surface area contributed by atoms with E-state index < -0.39 is 59.5 Å². The van der Waals surface area contributed by atoms with E-state index in [0.29, 0.717) is 5.56 Å². The van der Waals surface area contributed by atoms with E-state index in [9.17, 15) is 28.8 Å². The van der Waals surface area contributed by atoms with Gasteiger partial charge < -0.3 is 39.9 Å². The van der Waals surface area contributed by atoms with E-state index in [1.54, 1.807) is 25.1 Å². The zero-order chi connectivity index (χ0) is 29.5. The molecule has 6 atom stereocenters. The Morgan fingerprint density at radius 1 is 1.12 bits per heavy atom. The first kappa shape index (κ1) is 30.7. The number of aromatic nitrogens is 4. The van der Waals surface area contributed by atoms with Crippen molar-refractivity contribution in [1.29, 1.82) is 0 Å². The SMILES string of the molecule is Cc1ccccc1C(=O)O[C@@H]1[C@H](O)[C@@H](COP(=O)(O)OP(=O)(O)OP(O)(O)=S)O[C@H]1n1cnc2c(N)ncnc21. The Bertz CT molecular complexity index is 1570. The Hall–Kier alpha value is -2.21. The average Bonchev–Trinajstić information content (AvgIpc) is 3.38. The first-order valence-electron chi connectivity index (χ1n) is 10.9. The number of nitrogens with two attached hydrogens (primary N) is 1. The highest BCUT2D eigenvalue weighted by molar-refractivity contribution is 8.08. The lowest BCUT2D eigenvalue weighted by atomic mass is 10.1. The number of carbonyl (C=O) groups excluding carboxylic acids is 1. The minimum absolute atomic E-state index is 0.0287. The quantitative estimate of drug-likeness (QED) is 0.131. The van der Waals surface area contributed by atoms with Crippen LogP contribution in [0.4, 0.5) is 5.82 Å². The summed E-state index contributed by atoms with van der Waals surface area (Å²) in [6.07, 6.45) is -3.61. The Morgan fingerprint density at radius 3 is 2.50 bits per heavy atom. The molecule has 18 nitrogen and oxygen atoms in total. The minimum atomic E-state index is -5.57. The van der Waals surface area contributed by atoms with E-state index in [1.165, 1.54) is 17.0 Å². The maximum atomic E-state index is 13.0. The lowest BCUT2D eigenvalue weighted by molar-refractivity contribution is -0.0558. The fourth-order valence-electron chi connectivity index (χ4n) is 3.72. The molecule has 0 aliphatic carbocycles. The molecule has 1 saturated heterocycles. The summed E-state index contributed by atoms with van der Waals surface area (Å²) in [6, 6.07) is 6.49. The van der Waals surface area contributed by atoms with Gasteiger partial charge in [-0.25, -0.2) is 33.2 Å². The predicted octanol–water partition coefficient (Wildman–Crippen LogP) is 0.661. The van der Waals surface area contributed by atoms with E-state index in [4.69, 9.17) is 25.0 Å². The summed E-state index contributed by atoms with van der Waals surface area (Å²) in [5.74, 6) is -0.796. The van der Waals surface area contributed by atoms with Gasteiger partial charge in [-0.1, -0.05) is 18.2 Å². The highest BCUT2D eigenvalue weighted by Gasteiger charge is 2.49. The second kappa shape index (κ2) is 11.6. The fourth-order valence-corrected chi connectivity index (χ4v) is 7.51. The number of nitrogens with zero attached hydrogens (tertiary/aromatic N) is 4. The van der Waals surface area contributed by atoms with Crippen LogP contribution in [-0.2, 0) is 43.6 Å². The highest BCUT2D eigenvalue weighted by Crippen LogP contribution is 2.66. The molecule has 7 N–H and O–H groups in total. The zero-order valence-corrected chi connectivity index (χ0v) is 23.6. The number of aliphatic hydroxyl groups excluding tert-OH is 1. The Labute approximate surface area is 229 Å². The Balaban J connectivity index is 1.58. The van der Waals surface area contributed by atoms with Crippen LogP contribution in [-0.4, -0.2) is 75.1 Å². The number of hydrogen-bond donors (Lipinski definition) is 6. The number of phosphoric acid groups is 2. The molecular formula is C18H22N5O13P3S. The summed E-state index contributed by atoms with van der Waals surface area (Å²) in [6.45, 7) is -4.06. The lowest BCUT2D eigenvalue weighted by Crippen LogP contribution is -2.37. The topological polar surface area (TPSA) is 268 Å². The number of anilines is 1. The van der Waals surface area contributed by atoms with Crippen molar-refractivity contribution in [3.05, 3.63) is 48.0 Å². The first-order valence-corrected chi connectivity index (χ1v) is 16.5. The maximum Gasteiger partial charge on any atom is 0.488 e. The third kappa shape index (κ3) is 7.16. The summed E-state index contributed by atoms with van der Waals surface area (Å²) in [5.41, 5.74) is 6.91.